The first-order valence-electron chi connectivity index (χ1n) is 8.78. The minimum atomic E-state index is -3.22. The molecule has 7 heteroatoms. The molecule has 0 fully saturated rings. The van der Waals surface area contributed by atoms with Crippen LogP contribution in [0, 0.1) is 6.92 Å². The summed E-state index contributed by atoms with van der Waals surface area (Å²) in [6.07, 6.45) is 3.11. The summed E-state index contributed by atoms with van der Waals surface area (Å²) in [5.41, 5.74) is 2.28. The van der Waals surface area contributed by atoms with Gasteiger partial charge in [-0.2, -0.15) is 5.10 Å². The van der Waals surface area contributed by atoms with Gasteiger partial charge in [0.15, 0.2) is 15.5 Å². The number of carbonyl (C=O) groups excluding carboxylic acids is 1. The second-order valence-electron chi connectivity index (χ2n) is 6.66. The highest BCUT2D eigenvalue weighted by atomic mass is 32.2. The molecule has 142 valence electrons. The number of nitrogens with zero attached hydrogens (tertiary/aromatic N) is 3. The third kappa shape index (κ3) is 4.52. The summed E-state index contributed by atoms with van der Waals surface area (Å²) < 4.78 is 25.0. The van der Waals surface area contributed by atoms with E-state index in [-0.39, 0.29) is 10.8 Å². The molecule has 1 amide bonds. The van der Waals surface area contributed by atoms with E-state index in [0.717, 1.165) is 24.1 Å². The Balaban J connectivity index is 2.14. The second kappa shape index (κ2) is 8.03. The molecule has 0 saturated carbocycles. The molecule has 0 aliphatic heterocycles. The van der Waals surface area contributed by atoms with Gasteiger partial charge in [0.25, 0.3) is 5.91 Å². The van der Waals surface area contributed by atoms with Crippen molar-refractivity contribution >= 4 is 15.7 Å². The van der Waals surface area contributed by atoms with E-state index in [1.54, 1.807) is 36.2 Å². The topological polar surface area (TPSA) is 72.3 Å². The predicted octanol–water partition coefficient (Wildman–Crippen LogP) is 3.23. The highest BCUT2D eigenvalue weighted by molar-refractivity contribution is 7.90. The van der Waals surface area contributed by atoms with Gasteiger partial charge in [-0.3, -0.25) is 9.48 Å². The van der Waals surface area contributed by atoms with Crippen LogP contribution in [0.15, 0.2) is 35.2 Å². The van der Waals surface area contributed by atoms with Crippen molar-refractivity contribution in [1.82, 2.24) is 14.7 Å². The van der Waals surface area contributed by atoms with E-state index in [1.807, 2.05) is 17.7 Å². The van der Waals surface area contributed by atoms with Crippen molar-refractivity contribution < 1.29 is 13.2 Å². The average molecular weight is 378 g/mol. The molecule has 0 saturated heterocycles. The van der Waals surface area contributed by atoms with E-state index >= 15 is 0 Å². The standard InChI is InChI=1S/C19H27N3O3S/c1-6-16(7-2)22-14(3)12-18(20-22)19(23)21(4)13-15-8-10-17(11-9-15)26(5,24)25/h8-12,16H,6-7,13H2,1-5H3. The lowest BCUT2D eigenvalue weighted by Gasteiger charge is -2.17. The Morgan fingerprint density at radius 3 is 2.27 bits per heavy atom. The van der Waals surface area contributed by atoms with Crippen LogP contribution in [0.25, 0.3) is 0 Å². The number of aryl methyl sites for hydroxylation is 1. The van der Waals surface area contributed by atoms with Gasteiger partial charge < -0.3 is 4.90 Å². The van der Waals surface area contributed by atoms with E-state index in [0.29, 0.717) is 18.3 Å². The van der Waals surface area contributed by atoms with Gasteiger partial charge in [-0.15, -0.1) is 0 Å². The molecule has 0 aliphatic rings. The molecule has 2 rings (SSSR count). The number of sulfone groups is 1. The zero-order valence-electron chi connectivity index (χ0n) is 16.1. The maximum Gasteiger partial charge on any atom is 0.274 e. The lowest BCUT2D eigenvalue weighted by atomic mass is 10.2. The minimum absolute atomic E-state index is 0.148. The van der Waals surface area contributed by atoms with Crippen LogP contribution in [0.2, 0.25) is 0 Å². The van der Waals surface area contributed by atoms with Gasteiger partial charge in [-0.05, 0) is 43.5 Å². The quantitative estimate of drug-likeness (QED) is 0.743. The minimum Gasteiger partial charge on any atom is -0.336 e. The first-order valence-corrected chi connectivity index (χ1v) is 10.7. The lowest BCUT2D eigenvalue weighted by Crippen LogP contribution is -2.27. The predicted molar refractivity (Wildman–Crippen MR) is 102 cm³/mol. The molecule has 0 aliphatic carbocycles. The Bertz CT molecular complexity index is 866. The third-order valence-electron chi connectivity index (χ3n) is 4.55. The van der Waals surface area contributed by atoms with Crippen LogP contribution >= 0.6 is 0 Å². The van der Waals surface area contributed by atoms with Crippen LogP contribution in [0.3, 0.4) is 0 Å². The van der Waals surface area contributed by atoms with Crippen LogP contribution in [0.5, 0.6) is 0 Å². The van der Waals surface area contributed by atoms with Crippen LogP contribution in [0.4, 0.5) is 0 Å². The zero-order valence-corrected chi connectivity index (χ0v) is 16.9. The molecule has 0 spiro atoms. The van der Waals surface area contributed by atoms with Crippen molar-refractivity contribution in [2.24, 2.45) is 0 Å². The first kappa shape index (κ1) is 20.2. The number of aromatic nitrogens is 2. The number of amides is 1. The fraction of sp³-hybridized carbons (Fsp3) is 0.474. The molecule has 1 aromatic heterocycles. The highest BCUT2D eigenvalue weighted by Gasteiger charge is 2.19. The fourth-order valence-electron chi connectivity index (χ4n) is 2.98. The van der Waals surface area contributed by atoms with E-state index < -0.39 is 9.84 Å². The van der Waals surface area contributed by atoms with E-state index in [1.165, 1.54) is 6.26 Å². The molecule has 26 heavy (non-hydrogen) atoms. The van der Waals surface area contributed by atoms with Crippen molar-refractivity contribution in [1.29, 1.82) is 0 Å². The van der Waals surface area contributed by atoms with E-state index in [9.17, 15) is 13.2 Å². The maximum absolute atomic E-state index is 12.7. The molecule has 0 unspecified atom stereocenters. The molecule has 6 nitrogen and oxygen atoms in total. The van der Waals surface area contributed by atoms with Crippen molar-refractivity contribution in [3.63, 3.8) is 0 Å². The van der Waals surface area contributed by atoms with Gasteiger partial charge in [0.2, 0.25) is 0 Å². The fourth-order valence-corrected chi connectivity index (χ4v) is 3.61. The van der Waals surface area contributed by atoms with Gasteiger partial charge in [0.1, 0.15) is 0 Å². The van der Waals surface area contributed by atoms with Crippen molar-refractivity contribution in [3.8, 4) is 0 Å². The number of benzene rings is 1. The molecular formula is C19H27N3O3S. The summed E-state index contributed by atoms with van der Waals surface area (Å²) in [5.74, 6) is -0.148. The summed E-state index contributed by atoms with van der Waals surface area (Å²) in [7, 11) is -1.50. The SMILES string of the molecule is CCC(CC)n1nc(C(=O)N(C)Cc2ccc(S(C)(=O)=O)cc2)cc1C. The van der Waals surface area contributed by atoms with Crippen LogP contribution in [-0.2, 0) is 16.4 Å². The maximum atomic E-state index is 12.7. The smallest absolute Gasteiger partial charge is 0.274 e. The Morgan fingerprint density at radius 1 is 1.19 bits per heavy atom. The summed E-state index contributed by atoms with van der Waals surface area (Å²) in [4.78, 5) is 14.6. The number of rotatable bonds is 7. The largest absolute Gasteiger partial charge is 0.336 e. The first-order chi connectivity index (χ1) is 12.2. The number of hydrogen-bond donors (Lipinski definition) is 0. The van der Waals surface area contributed by atoms with Crippen LogP contribution < -0.4 is 0 Å². The Morgan fingerprint density at radius 2 is 1.77 bits per heavy atom. The molecule has 0 radical (unpaired) electrons. The van der Waals surface area contributed by atoms with E-state index in [4.69, 9.17) is 0 Å². The van der Waals surface area contributed by atoms with Crippen molar-refractivity contribution in [2.75, 3.05) is 13.3 Å². The van der Waals surface area contributed by atoms with E-state index in [2.05, 4.69) is 18.9 Å². The Hall–Kier alpha value is -2.15. The highest BCUT2D eigenvalue weighted by Crippen LogP contribution is 2.19. The van der Waals surface area contributed by atoms with Crippen LogP contribution in [-0.4, -0.2) is 42.3 Å². The number of carbonyl (C=O) groups is 1. The molecule has 1 heterocycles. The van der Waals surface area contributed by atoms with Gasteiger partial charge in [0.05, 0.1) is 10.9 Å². The lowest BCUT2D eigenvalue weighted by molar-refractivity contribution is 0.0778. The monoisotopic (exact) mass is 377 g/mol. The number of hydrogen-bond acceptors (Lipinski definition) is 4. The van der Waals surface area contributed by atoms with Gasteiger partial charge in [-0.25, -0.2) is 8.42 Å². The molecule has 2 aromatic rings. The Kier molecular flexibility index (Phi) is 6.23. The molecule has 0 N–H and O–H groups in total. The van der Waals surface area contributed by atoms with Gasteiger partial charge in [-0.1, -0.05) is 26.0 Å². The van der Waals surface area contributed by atoms with Crippen molar-refractivity contribution in [2.45, 2.75) is 51.1 Å². The molecule has 1 aromatic carbocycles. The average Bonchev–Trinajstić information content (AvgIpc) is 2.97. The molecular weight excluding hydrogens is 350 g/mol. The third-order valence-corrected chi connectivity index (χ3v) is 5.68. The summed E-state index contributed by atoms with van der Waals surface area (Å²) >= 11 is 0. The van der Waals surface area contributed by atoms with Gasteiger partial charge in [0, 0.05) is 25.5 Å². The van der Waals surface area contributed by atoms with Crippen molar-refractivity contribution in [3.05, 3.63) is 47.3 Å². The van der Waals surface area contributed by atoms with Crippen LogP contribution in [0.1, 0.15) is 54.5 Å². The molecule has 0 bridgehead atoms. The second-order valence-corrected chi connectivity index (χ2v) is 8.68. The normalized spacial score (nSPS) is 11.8. The summed E-state index contributed by atoms with van der Waals surface area (Å²) in [5, 5.41) is 4.51. The molecule has 0 atom stereocenters. The summed E-state index contributed by atoms with van der Waals surface area (Å²) in [6.45, 7) is 6.58. The zero-order chi connectivity index (χ0) is 19.5. The Labute approximate surface area is 155 Å². The summed E-state index contributed by atoms with van der Waals surface area (Å²) in [6, 6.07) is 8.71. The van der Waals surface area contributed by atoms with Gasteiger partial charge >= 0.3 is 0 Å².